The van der Waals surface area contributed by atoms with Crippen molar-refractivity contribution in [1.82, 2.24) is 10.2 Å². The molecule has 6 heteroatoms. The molecule has 1 N–H and O–H groups in total. The molecule has 0 radical (unpaired) electrons. The van der Waals surface area contributed by atoms with E-state index in [1.165, 1.54) is 5.56 Å². The van der Waals surface area contributed by atoms with Gasteiger partial charge in [-0.25, -0.2) is 0 Å². The van der Waals surface area contributed by atoms with Gasteiger partial charge in [-0.15, -0.1) is 11.8 Å². The maximum Gasteiger partial charge on any atom is 0.243 e. The zero-order valence-corrected chi connectivity index (χ0v) is 22.9. The van der Waals surface area contributed by atoms with Crippen molar-refractivity contribution in [3.05, 3.63) is 106 Å². The van der Waals surface area contributed by atoms with Gasteiger partial charge in [-0.2, -0.15) is 0 Å². The topological polar surface area (TPSA) is 49.4 Å². The zero-order valence-electron chi connectivity index (χ0n) is 20.5. The molecule has 4 nitrogen and oxygen atoms in total. The average Bonchev–Trinajstić information content (AvgIpc) is 2.81. The summed E-state index contributed by atoms with van der Waals surface area (Å²) in [5, 5.41) is 3.11. The summed E-state index contributed by atoms with van der Waals surface area (Å²) < 4.78 is 0.944. The number of carbonyl (C=O) groups is 2. The Balaban J connectivity index is 1.87. The number of rotatable bonds is 10. The molecular formula is C29H33BrN2O2S. The summed E-state index contributed by atoms with van der Waals surface area (Å²) in [6, 6.07) is 27.3. The van der Waals surface area contributed by atoms with Crippen molar-refractivity contribution in [3.8, 4) is 0 Å². The Kier molecular flexibility index (Phi) is 9.99. The van der Waals surface area contributed by atoms with E-state index in [0.717, 1.165) is 21.4 Å². The lowest BCUT2D eigenvalue weighted by Gasteiger charge is -2.34. The maximum atomic E-state index is 13.6. The van der Waals surface area contributed by atoms with E-state index < -0.39 is 11.6 Å². The van der Waals surface area contributed by atoms with Gasteiger partial charge >= 0.3 is 0 Å². The summed E-state index contributed by atoms with van der Waals surface area (Å²) in [7, 11) is 0. The summed E-state index contributed by atoms with van der Waals surface area (Å²) >= 11 is 5.10. The van der Waals surface area contributed by atoms with Gasteiger partial charge in [0.05, 0.1) is 5.75 Å². The third-order valence-electron chi connectivity index (χ3n) is 5.35. The number of hydrogen-bond acceptors (Lipinski definition) is 3. The van der Waals surface area contributed by atoms with Gasteiger partial charge in [0.15, 0.2) is 0 Å². The van der Waals surface area contributed by atoms with Crippen molar-refractivity contribution in [1.29, 1.82) is 0 Å². The minimum atomic E-state index is -0.625. The molecule has 0 unspecified atom stereocenters. The van der Waals surface area contributed by atoms with Crippen LogP contribution in [0.5, 0.6) is 0 Å². The highest BCUT2D eigenvalue weighted by Crippen LogP contribution is 2.20. The summed E-state index contributed by atoms with van der Waals surface area (Å²) in [5.41, 5.74) is 2.77. The van der Waals surface area contributed by atoms with Crippen molar-refractivity contribution in [2.75, 3.05) is 5.75 Å². The van der Waals surface area contributed by atoms with Crippen LogP contribution >= 0.6 is 27.7 Å². The molecule has 0 aliphatic rings. The number of benzene rings is 3. The van der Waals surface area contributed by atoms with Gasteiger partial charge in [-0.05, 0) is 49.6 Å². The molecule has 0 aliphatic heterocycles. The van der Waals surface area contributed by atoms with Gasteiger partial charge in [0.25, 0.3) is 0 Å². The summed E-state index contributed by atoms with van der Waals surface area (Å²) in [5.74, 6) is 0.861. The largest absolute Gasteiger partial charge is 0.350 e. The Bertz CT molecular complexity index is 1100. The van der Waals surface area contributed by atoms with Crippen molar-refractivity contribution in [2.24, 2.45) is 0 Å². The molecule has 0 aliphatic carbocycles. The number of nitrogens with one attached hydrogen (secondary N) is 1. The fourth-order valence-corrected chi connectivity index (χ4v) is 5.07. The lowest BCUT2D eigenvalue weighted by molar-refractivity contribution is -0.140. The van der Waals surface area contributed by atoms with E-state index in [1.54, 1.807) is 16.7 Å². The second-order valence-corrected chi connectivity index (χ2v) is 11.5. The highest BCUT2D eigenvalue weighted by Gasteiger charge is 2.32. The van der Waals surface area contributed by atoms with Crippen LogP contribution in [0.1, 0.15) is 37.5 Å². The number of carbonyl (C=O) groups excluding carboxylic acids is 2. The molecule has 1 atom stereocenters. The van der Waals surface area contributed by atoms with E-state index in [1.807, 2.05) is 93.6 Å². The number of halogens is 1. The first-order valence-electron chi connectivity index (χ1n) is 11.7. The second kappa shape index (κ2) is 12.9. The highest BCUT2D eigenvalue weighted by molar-refractivity contribution is 9.10. The molecule has 184 valence electrons. The van der Waals surface area contributed by atoms with Crippen LogP contribution in [0.4, 0.5) is 0 Å². The van der Waals surface area contributed by atoms with Crippen molar-refractivity contribution in [2.45, 2.75) is 51.1 Å². The van der Waals surface area contributed by atoms with Crippen LogP contribution in [0.15, 0.2) is 89.4 Å². The molecule has 0 spiro atoms. The molecule has 2 amide bonds. The molecule has 3 aromatic carbocycles. The molecule has 35 heavy (non-hydrogen) atoms. The van der Waals surface area contributed by atoms with Crippen LogP contribution in [0.25, 0.3) is 0 Å². The quantitative estimate of drug-likeness (QED) is 0.324. The van der Waals surface area contributed by atoms with Gasteiger partial charge in [-0.3, -0.25) is 9.59 Å². The third-order valence-corrected chi connectivity index (χ3v) is 6.83. The molecule has 0 bridgehead atoms. The standard InChI is InChI=1S/C29H33BrN2O2S/c1-29(2,3)31-28(34)26(18-22-11-6-4-7-12-22)32(19-24-15-10-16-25(30)17-24)27(33)21-35-20-23-13-8-5-9-14-23/h4-17,26H,18-21H2,1-3H3,(H,31,34)/t26-/m1/s1. The lowest BCUT2D eigenvalue weighted by atomic mass is 10.0. The van der Waals surface area contributed by atoms with Crippen LogP contribution < -0.4 is 5.32 Å². The molecule has 3 aromatic rings. The lowest BCUT2D eigenvalue weighted by Crippen LogP contribution is -2.54. The molecule has 0 aromatic heterocycles. The first-order chi connectivity index (χ1) is 16.7. The molecule has 0 heterocycles. The first kappa shape index (κ1) is 27.0. The van der Waals surface area contributed by atoms with E-state index in [-0.39, 0.29) is 11.8 Å². The fourth-order valence-electron chi connectivity index (χ4n) is 3.75. The van der Waals surface area contributed by atoms with Crippen LogP contribution in [0.3, 0.4) is 0 Å². The number of hydrogen-bond donors (Lipinski definition) is 1. The van der Waals surface area contributed by atoms with Gasteiger partial charge in [0.1, 0.15) is 6.04 Å². The number of nitrogens with zero attached hydrogens (tertiary/aromatic N) is 1. The fraction of sp³-hybridized carbons (Fsp3) is 0.310. The Morgan fingerprint density at radius 3 is 2.09 bits per heavy atom. The highest BCUT2D eigenvalue weighted by atomic mass is 79.9. The number of amides is 2. The Hall–Kier alpha value is -2.57. The molecule has 3 rings (SSSR count). The van der Waals surface area contributed by atoms with E-state index in [9.17, 15) is 9.59 Å². The normalized spacial score (nSPS) is 12.1. The predicted octanol–water partition coefficient (Wildman–Crippen LogP) is 6.24. The predicted molar refractivity (Wildman–Crippen MR) is 149 cm³/mol. The average molecular weight is 554 g/mol. The van der Waals surface area contributed by atoms with Gasteiger partial charge < -0.3 is 10.2 Å². The first-order valence-corrected chi connectivity index (χ1v) is 13.7. The Morgan fingerprint density at radius 1 is 0.886 bits per heavy atom. The van der Waals surface area contributed by atoms with Crippen LogP contribution in [0.2, 0.25) is 0 Å². The minimum absolute atomic E-state index is 0.0455. The van der Waals surface area contributed by atoms with Crippen LogP contribution in [-0.2, 0) is 28.3 Å². The minimum Gasteiger partial charge on any atom is -0.350 e. The van der Waals surface area contributed by atoms with E-state index >= 15 is 0 Å². The molecule has 0 saturated carbocycles. The maximum absolute atomic E-state index is 13.6. The zero-order chi connectivity index (χ0) is 25.3. The molecule has 0 saturated heterocycles. The van der Waals surface area contributed by atoms with Crippen molar-refractivity contribution >= 4 is 39.5 Å². The third kappa shape index (κ3) is 9.19. The van der Waals surface area contributed by atoms with Gasteiger partial charge in [0.2, 0.25) is 11.8 Å². The summed E-state index contributed by atoms with van der Waals surface area (Å²) in [6.07, 6.45) is 0.450. The van der Waals surface area contributed by atoms with Crippen LogP contribution in [0, 0.1) is 0 Å². The van der Waals surface area contributed by atoms with E-state index in [4.69, 9.17) is 0 Å². The Labute approximate surface area is 221 Å². The van der Waals surface area contributed by atoms with Crippen molar-refractivity contribution < 1.29 is 9.59 Å². The molecular weight excluding hydrogens is 520 g/mol. The van der Waals surface area contributed by atoms with Gasteiger partial charge in [-0.1, -0.05) is 88.7 Å². The second-order valence-electron chi connectivity index (χ2n) is 9.57. The van der Waals surface area contributed by atoms with Crippen molar-refractivity contribution in [3.63, 3.8) is 0 Å². The van der Waals surface area contributed by atoms with Gasteiger partial charge in [0, 0.05) is 28.7 Å². The SMILES string of the molecule is CC(C)(C)NC(=O)[C@@H](Cc1ccccc1)N(Cc1cccc(Br)c1)C(=O)CSCc1ccccc1. The van der Waals surface area contributed by atoms with E-state index in [2.05, 4.69) is 33.4 Å². The summed E-state index contributed by atoms with van der Waals surface area (Å²) in [4.78, 5) is 28.9. The Morgan fingerprint density at radius 2 is 1.49 bits per heavy atom. The molecule has 0 fully saturated rings. The number of thioether (sulfide) groups is 1. The van der Waals surface area contributed by atoms with E-state index in [0.29, 0.717) is 18.7 Å². The van der Waals surface area contributed by atoms with Crippen LogP contribution in [-0.4, -0.2) is 34.0 Å². The smallest absolute Gasteiger partial charge is 0.243 e. The summed E-state index contributed by atoms with van der Waals surface area (Å²) in [6.45, 7) is 6.24. The monoisotopic (exact) mass is 552 g/mol.